The van der Waals surface area contributed by atoms with Crippen LogP contribution in [0, 0.1) is 6.92 Å². The Bertz CT molecular complexity index is 233. The van der Waals surface area contributed by atoms with Crippen LogP contribution in [0.15, 0.2) is 11.4 Å². The molecule has 0 atom stereocenters. The van der Waals surface area contributed by atoms with Crippen molar-refractivity contribution in [1.82, 2.24) is 10.6 Å². The van der Waals surface area contributed by atoms with Gasteiger partial charge in [0, 0.05) is 24.5 Å². The number of aryl methyl sites for hydroxylation is 1. The maximum absolute atomic E-state index is 3.40. The predicted octanol–water partition coefficient (Wildman–Crippen LogP) is 1.41. The third-order valence-corrected chi connectivity index (χ3v) is 3.13. The van der Waals surface area contributed by atoms with Gasteiger partial charge in [-0.15, -0.1) is 11.3 Å². The first-order valence-corrected chi connectivity index (χ1v) is 5.61. The smallest absolute Gasteiger partial charge is 0.00870 e. The van der Waals surface area contributed by atoms with Crippen LogP contribution < -0.4 is 10.6 Å². The molecule has 13 heavy (non-hydrogen) atoms. The molecule has 0 aliphatic rings. The molecule has 2 N–H and O–H groups in total. The van der Waals surface area contributed by atoms with Gasteiger partial charge in [-0.05, 0) is 37.4 Å². The topological polar surface area (TPSA) is 24.1 Å². The van der Waals surface area contributed by atoms with E-state index in [4.69, 9.17) is 0 Å². The molecule has 1 heterocycles. The van der Waals surface area contributed by atoms with Crippen molar-refractivity contribution in [1.29, 1.82) is 0 Å². The highest BCUT2D eigenvalue weighted by Crippen LogP contribution is 2.15. The zero-order chi connectivity index (χ0) is 9.52. The van der Waals surface area contributed by atoms with Crippen LogP contribution in [0.3, 0.4) is 0 Å². The van der Waals surface area contributed by atoms with Crippen molar-refractivity contribution in [2.75, 3.05) is 26.7 Å². The summed E-state index contributed by atoms with van der Waals surface area (Å²) in [5.74, 6) is 0. The minimum atomic E-state index is 1.05. The number of thiophene rings is 1. The van der Waals surface area contributed by atoms with Crippen LogP contribution in [0.4, 0.5) is 0 Å². The monoisotopic (exact) mass is 198 g/mol. The second-order valence-corrected chi connectivity index (χ2v) is 4.13. The number of hydrogen-bond donors (Lipinski definition) is 2. The fraction of sp³-hybridized carbons (Fsp3) is 0.600. The molecule has 0 bridgehead atoms. The van der Waals surface area contributed by atoms with E-state index in [1.807, 2.05) is 18.4 Å². The van der Waals surface area contributed by atoms with Gasteiger partial charge in [-0.3, -0.25) is 0 Å². The first-order chi connectivity index (χ1) is 6.34. The second-order valence-electron chi connectivity index (χ2n) is 3.13. The van der Waals surface area contributed by atoms with Gasteiger partial charge in [0.1, 0.15) is 0 Å². The van der Waals surface area contributed by atoms with Gasteiger partial charge < -0.3 is 10.6 Å². The summed E-state index contributed by atoms with van der Waals surface area (Å²) < 4.78 is 0. The van der Waals surface area contributed by atoms with E-state index in [-0.39, 0.29) is 0 Å². The lowest BCUT2D eigenvalue weighted by Gasteiger charge is -2.03. The highest BCUT2D eigenvalue weighted by molar-refractivity contribution is 7.10. The minimum absolute atomic E-state index is 1.05. The van der Waals surface area contributed by atoms with E-state index >= 15 is 0 Å². The summed E-state index contributed by atoms with van der Waals surface area (Å²) in [5, 5.41) is 8.67. The van der Waals surface area contributed by atoms with Crippen molar-refractivity contribution < 1.29 is 0 Å². The van der Waals surface area contributed by atoms with E-state index in [0.717, 1.165) is 26.1 Å². The van der Waals surface area contributed by atoms with Crippen molar-refractivity contribution >= 4 is 11.3 Å². The van der Waals surface area contributed by atoms with Gasteiger partial charge in [0.2, 0.25) is 0 Å². The third kappa shape index (κ3) is 3.89. The van der Waals surface area contributed by atoms with Gasteiger partial charge in [0.05, 0.1) is 0 Å². The molecule has 0 saturated heterocycles. The van der Waals surface area contributed by atoms with Crippen molar-refractivity contribution in [3.8, 4) is 0 Å². The SMILES string of the molecule is CNCCNCCc1sccc1C. The Hall–Kier alpha value is -0.380. The zero-order valence-corrected chi connectivity index (χ0v) is 9.21. The molecule has 0 aromatic carbocycles. The van der Waals surface area contributed by atoms with E-state index in [2.05, 4.69) is 29.0 Å². The highest BCUT2D eigenvalue weighted by atomic mass is 32.1. The van der Waals surface area contributed by atoms with Crippen molar-refractivity contribution in [2.24, 2.45) is 0 Å². The third-order valence-electron chi connectivity index (χ3n) is 2.05. The van der Waals surface area contributed by atoms with Crippen LogP contribution in [-0.4, -0.2) is 26.7 Å². The molecule has 1 aromatic rings. The summed E-state index contributed by atoms with van der Waals surface area (Å²) in [6.45, 7) is 5.37. The van der Waals surface area contributed by atoms with Crippen LogP contribution in [0.2, 0.25) is 0 Å². The normalized spacial score (nSPS) is 10.6. The molecule has 1 aromatic heterocycles. The van der Waals surface area contributed by atoms with Crippen LogP contribution in [0.25, 0.3) is 0 Å². The van der Waals surface area contributed by atoms with Crippen molar-refractivity contribution in [2.45, 2.75) is 13.3 Å². The van der Waals surface area contributed by atoms with E-state index < -0.39 is 0 Å². The summed E-state index contributed by atoms with van der Waals surface area (Å²) in [4.78, 5) is 1.51. The summed E-state index contributed by atoms with van der Waals surface area (Å²) >= 11 is 1.86. The van der Waals surface area contributed by atoms with Crippen LogP contribution in [0.5, 0.6) is 0 Å². The molecule has 0 saturated carbocycles. The number of nitrogens with one attached hydrogen (secondary N) is 2. The Morgan fingerprint density at radius 1 is 1.31 bits per heavy atom. The maximum atomic E-state index is 3.40. The van der Waals surface area contributed by atoms with Crippen LogP contribution in [0.1, 0.15) is 10.4 Å². The molecule has 0 fully saturated rings. The predicted molar refractivity (Wildman–Crippen MR) is 59.6 cm³/mol. The summed E-state index contributed by atoms with van der Waals surface area (Å²) in [7, 11) is 1.98. The molecule has 0 aliphatic heterocycles. The number of likely N-dealkylation sites (N-methyl/N-ethyl adjacent to an activating group) is 1. The lowest BCUT2D eigenvalue weighted by Crippen LogP contribution is -2.26. The largest absolute Gasteiger partial charge is 0.318 e. The lowest BCUT2D eigenvalue weighted by atomic mass is 10.2. The number of rotatable bonds is 6. The molecule has 0 aliphatic carbocycles. The molecular formula is C10H18N2S. The Kier molecular flexibility index (Phi) is 5.05. The fourth-order valence-corrected chi connectivity index (χ4v) is 2.11. The zero-order valence-electron chi connectivity index (χ0n) is 8.39. The lowest BCUT2D eigenvalue weighted by molar-refractivity contribution is 0.650. The Labute approximate surface area is 84.4 Å². The van der Waals surface area contributed by atoms with E-state index in [1.54, 1.807) is 0 Å². The van der Waals surface area contributed by atoms with E-state index in [9.17, 15) is 0 Å². The fourth-order valence-electron chi connectivity index (χ4n) is 1.20. The molecular weight excluding hydrogens is 180 g/mol. The van der Waals surface area contributed by atoms with Gasteiger partial charge in [-0.1, -0.05) is 0 Å². The summed E-state index contributed by atoms with van der Waals surface area (Å²) in [6, 6.07) is 2.19. The molecule has 0 radical (unpaired) electrons. The van der Waals surface area contributed by atoms with Gasteiger partial charge >= 0.3 is 0 Å². The molecule has 1 rings (SSSR count). The van der Waals surface area contributed by atoms with Crippen molar-refractivity contribution in [3.63, 3.8) is 0 Å². The Morgan fingerprint density at radius 2 is 2.15 bits per heavy atom. The Balaban J connectivity index is 2.10. The maximum Gasteiger partial charge on any atom is 0.00870 e. The molecule has 0 spiro atoms. The first kappa shape index (κ1) is 10.7. The van der Waals surface area contributed by atoms with Crippen LogP contribution in [-0.2, 0) is 6.42 Å². The Morgan fingerprint density at radius 3 is 2.77 bits per heavy atom. The first-order valence-electron chi connectivity index (χ1n) is 4.73. The minimum Gasteiger partial charge on any atom is -0.318 e. The highest BCUT2D eigenvalue weighted by Gasteiger charge is 1.97. The second kappa shape index (κ2) is 6.13. The average Bonchev–Trinajstić information content (AvgIpc) is 2.52. The van der Waals surface area contributed by atoms with Crippen molar-refractivity contribution in [3.05, 3.63) is 21.9 Å². The summed E-state index contributed by atoms with van der Waals surface area (Å²) in [6.07, 6.45) is 1.16. The number of hydrogen-bond acceptors (Lipinski definition) is 3. The van der Waals surface area contributed by atoms with Crippen LogP contribution >= 0.6 is 11.3 Å². The summed E-state index contributed by atoms with van der Waals surface area (Å²) in [5.41, 5.74) is 1.43. The van der Waals surface area contributed by atoms with Gasteiger partial charge in [0.15, 0.2) is 0 Å². The molecule has 2 nitrogen and oxygen atoms in total. The molecule has 3 heteroatoms. The van der Waals surface area contributed by atoms with E-state index in [0.29, 0.717) is 0 Å². The van der Waals surface area contributed by atoms with Gasteiger partial charge in [0.25, 0.3) is 0 Å². The average molecular weight is 198 g/mol. The van der Waals surface area contributed by atoms with E-state index in [1.165, 1.54) is 10.4 Å². The molecule has 0 unspecified atom stereocenters. The van der Waals surface area contributed by atoms with Gasteiger partial charge in [-0.2, -0.15) is 0 Å². The van der Waals surface area contributed by atoms with Gasteiger partial charge in [-0.25, -0.2) is 0 Å². The molecule has 74 valence electrons. The quantitative estimate of drug-likeness (QED) is 0.675. The standard InChI is InChI=1S/C10H18N2S/c1-9-4-8-13-10(9)3-5-12-7-6-11-2/h4,8,11-12H,3,5-7H2,1-2H3. The molecule has 0 amide bonds.